The van der Waals surface area contributed by atoms with Crippen LogP contribution in [0.5, 0.6) is 0 Å². The smallest absolute Gasteiger partial charge is 0.349 e. The van der Waals surface area contributed by atoms with Crippen LogP contribution in [0.3, 0.4) is 0 Å². The van der Waals surface area contributed by atoms with Gasteiger partial charge in [-0.25, -0.2) is 0 Å². The Morgan fingerprint density at radius 3 is 2.36 bits per heavy atom. The summed E-state index contributed by atoms with van der Waals surface area (Å²) in [6.07, 6.45) is -4.48. The standard InChI is InChI=1S/C23H28ClF3N2O2SSi/c1-14-11-16(23(25,26)27)9-10-19(14)29-22(31)20-17(7-6-8-18(20)24)21(30)28-15(2)12-32-13-33(3,4)5/h6-11,15H,12-13H2,1-5H3,(H,28,30)(H,29,31). The summed E-state index contributed by atoms with van der Waals surface area (Å²) in [5.41, 5.74) is -0.291. The van der Waals surface area contributed by atoms with E-state index in [0.29, 0.717) is 0 Å². The van der Waals surface area contributed by atoms with Crippen molar-refractivity contribution in [3.8, 4) is 0 Å². The van der Waals surface area contributed by atoms with Crippen LogP contribution in [-0.4, -0.2) is 37.1 Å². The van der Waals surface area contributed by atoms with Crippen molar-refractivity contribution in [2.75, 3.05) is 16.4 Å². The third kappa shape index (κ3) is 8.08. The summed E-state index contributed by atoms with van der Waals surface area (Å²) in [7, 11) is -1.20. The van der Waals surface area contributed by atoms with E-state index in [1.807, 2.05) is 6.92 Å². The molecule has 10 heteroatoms. The first kappa shape index (κ1) is 27.3. The van der Waals surface area contributed by atoms with Crippen LogP contribution >= 0.6 is 23.4 Å². The molecule has 4 nitrogen and oxygen atoms in total. The molecule has 0 aromatic heterocycles. The first-order chi connectivity index (χ1) is 15.2. The first-order valence-electron chi connectivity index (χ1n) is 10.4. The normalized spacial score (nSPS) is 12.9. The fraction of sp³-hybridized carbons (Fsp3) is 0.391. The lowest BCUT2D eigenvalue weighted by molar-refractivity contribution is -0.137. The van der Waals surface area contributed by atoms with E-state index < -0.39 is 31.6 Å². The second kappa shape index (κ2) is 11.0. The Balaban J connectivity index is 2.18. The lowest BCUT2D eigenvalue weighted by Gasteiger charge is -2.19. The molecule has 2 aromatic carbocycles. The van der Waals surface area contributed by atoms with Gasteiger partial charge in [-0.05, 0) is 55.1 Å². The van der Waals surface area contributed by atoms with E-state index in [-0.39, 0.29) is 33.4 Å². The summed E-state index contributed by atoms with van der Waals surface area (Å²) in [6.45, 7) is 10.2. The molecule has 33 heavy (non-hydrogen) atoms. The third-order valence-electron chi connectivity index (χ3n) is 4.57. The van der Waals surface area contributed by atoms with Crippen molar-refractivity contribution in [3.05, 3.63) is 63.7 Å². The highest BCUT2D eigenvalue weighted by molar-refractivity contribution is 8.00. The molecular formula is C23H28ClF3N2O2SSi. The molecule has 2 N–H and O–H groups in total. The van der Waals surface area contributed by atoms with Gasteiger partial charge in [-0.15, -0.1) is 0 Å². The predicted octanol–water partition coefficient (Wildman–Crippen LogP) is 6.65. The highest BCUT2D eigenvalue weighted by Gasteiger charge is 2.31. The Labute approximate surface area is 202 Å². The largest absolute Gasteiger partial charge is 0.416 e. The average molecular weight is 517 g/mol. The van der Waals surface area contributed by atoms with Crippen molar-refractivity contribution in [3.63, 3.8) is 0 Å². The number of hydrogen-bond donors (Lipinski definition) is 2. The van der Waals surface area contributed by atoms with Crippen molar-refractivity contribution in [2.45, 2.75) is 45.7 Å². The Morgan fingerprint density at radius 2 is 1.79 bits per heavy atom. The summed E-state index contributed by atoms with van der Waals surface area (Å²) in [4.78, 5) is 25.9. The first-order valence-corrected chi connectivity index (χ1v) is 15.6. The summed E-state index contributed by atoms with van der Waals surface area (Å²) in [5.74, 6) is -0.370. The molecule has 0 aliphatic rings. The number of benzene rings is 2. The van der Waals surface area contributed by atoms with E-state index >= 15 is 0 Å². The molecule has 1 unspecified atom stereocenters. The number of thioether (sulfide) groups is 1. The van der Waals surface area contributed by atoms with Crippen molar-refractivity contribution < 1.29 is 22.8 Å². The van der Waals surface area contributed by atoms with Gasteiger partial charge in [0.15, 0.2) is 0 Å². The highest BCUT2D eigenvalue weighted by Crippen LogP contribution is 2.32. The van der Waals surface area contributed by atoms with Crippen LogP contribution in [0.1, 0.15) is 38.8 Å². The second-order valence-electron chi connectivity index (χ2n) is 9.09. The van der Waals surface area contributed by atoms with Gasteiger partial charge in [0.2, 0.25) is 0 Å². The molecule has 0 saturated carbocycles. The van der Waals surface area contributed by atoms with Crippen LogP contribution in [0, 0.1) is 6.92 Å². The van der Waals surface area contributed by atoms with Crippen LogP contribution in [0.25, 0.3) is 0 Å². The van der Waals surface area contributed by atoms with Gasteiger partial charge in [-0.1, -0.05) is 37.3 Å². The number of carbonyl (C=O) groups excluding carboxylic acids is 2. The van der Waals surface area contributed by atoms with Gasteiger partial charge in [0.25, 0.3) is 11.8 Å². The van der Waals surface area contributed by atoms with Crippen molar-refractivity contribution in [2.24, 2.45) is 0 Å². The SMILES string of the molecule is Cc1cc(C(F)(F)F)ccc1NC(=O)c1c(Cl)cccc1C(=O)NC(C)CSC[Si](C)(C)C. The number of amides is 2. The Hall–Kier alpha value is -1.97. The molecular weight excluding hydrogens is 489 g/mol. The summed E-state index contributed by atoms with van der Waals surface area (Å²) >= 11 is 8.03. The maximum absolute atomic E-state index is 13.0. The number of halogens is 4. The highest BCUT2D eigenvalue weighted by atomic mass is 35.5. The average Bonchev–Trinajstić information content (AvgIpc) is 2.67. The fourth-order valence-corrected chi connectivity index (χ4v) is 6.61. The molecule has 0 spiro atoms. The lowest BCUT2D eigenvalue weighted by Crippen LogP contribution is -2.36. The van der Waals surface area contributed by atoms with Crippen LogP contribution < -0.4 is 10.6 Å². The fourth-order valence-electron chi connectivity index (χ4n) is 2.99. The lowest BCUT2D eigenvalue weighted by atomic mass is 10.0. The molecule has 2 amide bonds. The monoisotopic (exact) mass is 516 g/mol. The van der Waals surface area contributed by atoms with Crippen molar-refractivity contribution >= 4 is 48.9 Å². The number of hydrogen-bond acceptors (Lipinski definition) is 3. The van der Waals surface area contributed by atoms with Gasteiger partial charge in [-0.2, -0.15) is 24.9 Å². The van der Waals surface area contributed by atoms with Gasteiger partial charge in [0, 0.05) is 17.5 Å². The van der Waals surface area contributed by atoms with Gasteiger partial charge in [0.1, 0.15) is 0 Å². The minimum atomic E-state index is -4.48. The molecule has 0 fully saturated rings. The Morgan fingerprint density at radius 1 is 1.12 bits per heavy atom. The Bertz CT molecular complexity index is 1030. The minimum absolute atomic E-state index is 0.0297. The van der Waals surface area contributed by atoms with Crippen molar-refractivity contribution in [1.29, 1.82) is 0 Å². The second-order valence-corrected chi connectivity index (χ2v) is 16.5. The van der Waals surface area contributed by atoms with Gasteiger partial charge < -0.3 is 10.6 Å². The number of anilines is 1. The van der Waals surface area contributed by atoms with E-state index in [9.17, 15) is 22.8 Å². The Kier molecular flexibility index (Phi) is 9.06. The number of nitrogens with one attached hydrogen (secondary N) is 2. The number of carbonyl (C=O) groups is 2. The molecule has 0 saturated heterocycles. The zero-order chi connectivity index (χ0) is 25.0. The zero-order valence-electron chi connectivity index (χ0n) is 19.2. The maximum Gasteiger partial charge on any atom is 0.416 e. The summed E-state index contributed by atoms with van der Waals surface area (Å²) < 4.78 is 38.7. The van der Waals surface area contributed by atoms with E-state index in [0.717, 1.165) is 23.3 Å². The number of rotatable bonds is 8. The maximum atomic E-state index is 13.0. The van der Waals surface area contributed by atoms with Gasteiger partial charge in [-0.3, -0.25) is 9.59 Å². The summed E-state index contributed by atoms with van der Waals surface area (Å²) in [5, 5.41) is 6.62. The molecule has 2 rings (SSSR count). The molecule has 0 heterocycles. The van der Waals surface area contributed by atoms with Crippen LogP contribution in [0.4, 0.5) is 18.9 Å². The topological polar surface area (TPSA) is 58.2 Å². The number of aryl methyl sites for hydroxylation is 1. The van der Waals surface area contributed by atoms with E-state index in [4.69, 9.17) is 11.6 Å². The minimum Gasteiger partial charge on any atom is -0.349 e. The molecule has 0 aliphatic heterocycles. The third-order valence-corrected chi connectivity index (χ3v) is 9.90. The van der Waals surface area contributed by atoms with E-state index in [2.05, 4.69) is 30.3 Å². The predicted molar refractivity (Wildman–Crippen MR) is 133 cm³/mol. The van der Waals surface area contributed by atoms with Gasteiger partial charge >= 0.3 is 6.18 Å². The molecule has 0 radical (unpaired) electrons. The molecule has 2 aromatic rings. The quantitative estimate of drug-likeness (QED) is 0.386. The molecule has 1 atom stereocenters. The van der Waals surface area contributed by atoms with Crippen LogP contribution in [0.15, 0.2) is 36.4 Å². The van der Waals surface area contributed by atoms with Crippen molar-refractivity contribution in [1.82, 2.24) is 5.32 Å². The van der Waals surface area contributed by atoms with E-state index in [1.54, 1.807) is 17.8 Å². The molecule has 0 aliphatic carbocycles. The molecule has 0 bridgehead atoms. The number of alkyl halides is 3. The van der Waals surface area contributed by atoms with Crippen LogP contribution in [-0.2, 0) is 6.18 Å². The molecule has 180 valence electrons. The van der Waals surface area contributed by atoms with Crippen LogP contribution in [0.2, 0.25) is 24.7 Å². The van der Waals surface area contributed by atoms with Gasteiger partial charge in [0.05, 0.1) is 29.8 Å². The van der Waals surface area contributed by atoms with E-state index in [1.165, 1.54) is 25.1 Å². The summed E-state index contributed by atoms with van der Waals surface area (Å²) in [6, 6.07) is 7.47. The zero-order valence-corrected chi connectivity index (χ0v) is 21.8.